The molecule has 6 heteroatoms. The summed E-state index contributed by atoms with van der Waals surface area (Å²) in [5.41, 5.74) is 7.29. The molecule has 19 heavy (non-hydrogen) atoms. The summed E-state index contributed by atoms with van der Waals surface area (Å²) in [5, 5.41) is 4.85. The Hall–Kier alpha value is -0.480. The predicted octanol–water partition coefficient (Wildman–Crippen LogP) is 3.85. The smallest absolute Gasteiger partial charge is 0.129 e. The molecule has 1 aromatic rings. The fourth-order valence-electron chi connectivity index (χ4n) is 1.45. The third-order valence-electron chi connectivity index (χ3n) is 2.36. The average molecular weight is 326 g/mol. The maximum Gasteiger partial charge on any atom is 0.129 e. The lowest BCUT2D eigenvalue weighted by Gasteiger charge is -2.06. The second-order valence-electron chi connectivity index (χ2n) is 3.81. The number of alkyl halides is 1. The minimum absolute atomic E-state index is 0. The molecule has 0 saturated carbocycles. The average Bonchev–Trinajstić information content (AvgIpc) is 2.38. The molecule has 0 aliphatic carbocycles. The lowest BCUT2D eigenvalue weighted by atomic mass is 10.1. The van der Waals surface area contributed by atoms with Crippen LogP contribution in [-0.2, 0) is 4.84 Å². The highest BCUT2D eigenvalue weighted by Gasteiger charge is 2.04. The molecule has 0 aliphatic heterocycles. The van der Waals surface area contributed by atoms with Crippen LogP contribution >= 0.6 is 35.6 Å². The second kappa shape index (κ2) is 11.4. The van der Waals surface area contributed by atoms with Gasteiger partial charge < -0.3 is 10.6 Å². The summed E-state index contributed by atoms with van der Waals surface area (Å²) in [6.45, 7) is 0.881. The molecule has 3 nitrogen and oxygen atoms in total. The summed E-state index contributed by atoms with van der Waals surface area (Å²) < 4.78 is 0. The van der Waals surface area contributed by atoms with E-state index in [4.69, 9.17) is 33.8 Å². The van der Waals surface area contributed by atoms with Crippen molar-refractivity contribution in [1.82, 2.24) is 0 Å². The molecule has 0 aliphatic rings. The van der Waals surface area contributed by atoms with Crippen molar-refractivity contribution in [3.8, 4) is 0 Å². The molecule has 0 heterocycles. The van der Waals surface area contributed by atoms with Crippen LogP contribution in [0.3, 0.4) is 0 Å². The fraction of sp³-hybridized carbons (Fsp3) is 0.462. The molecule has 108 valence electrons. The molecule has 0 aromatic heterocycles. The monoisotopic (exact) mass is 324 g/mol. The van der Waals surface area contributed by atoms with E-state index >= 15 is 0 Å². The lowest BCUT2D eigenvalue weighted by molar-refractivity contribution is 0.152. The van der Waals surface area contributed by atoms with Crippen molar-refractivity contribution in [2.45, 2.75) is 19.3 Å². The van der Waals surface area contributed by atoms with Crippen LogP contribution in [0.15, 0.2) is 29.4 Å². The summed E-state index contributed by atoms with van der Waals surface area (Å²) in [6.07, 6.45) is 2.78. The quantitative estimate of drug-likeness (QED) is 0.341. The Kier molecular flexibility index (Phi) is 11.1. The van der Waals surface area contributed by atoms with E-state index < -0.39 is 0 Å². The van der Waals surface area contributed by atoms with Gasteiger partial charge in [0.05, 0.1) is 5.71 Å². The molecule has 0 unspecified atom stereocenters. The largest absolute Gasteiger partial charge is 0.394 e. The Morgan fingerprint density at radius 3 is 2.47 bits per heavy atom. The molecule has 0 saturated heterocycles. The van der Waals surface area contributed by atoms with Crippen molar-refractivity contribution >= 4 is 41.3 Å². The number of benzene rings is 1. The zero-order valence-electron chi connectivity index (χ0n) is 10.6. The molecular formula is C13H19Cl3N2O. The maximum absolute atomic E-state index is 5.86. The molecule has 1 rings (SSSR count). The minimum Gasteiger partial charge on any atom is -0.394 e. The maximum atomic E-state index is 5.86. The Labute approximate surface area is 130 Å². The van der Waals surface area contributed by atoms with Crippen molar-refractivity contribution in [2.75, 3.05) is 19.0 Å². The van der Waals surface area contributed by atoms with Crippen LogP contribution < -0.4 is 5.73 Å². The predicted molar refractivity (Wildman–Crippen MR) is 84.8 cm³/mol. The van der Waals surface area contributed by atoms with Crippen LogP contribution in [0.1, 0.15) is 24.8 Å². The number of rotatable bonds is 8. The van der Waals surface area contributed by atoms with Crippen molar-refractivity contribution in [2.24, 2.45) is 10.9 Å². The molecule has 0 amide bonds. The van der Waals surface area contributed by atoms with E-state index in [-0.39, 0.29) is 12.4 Å². The summed E-state index contributed by atoms with van der Waals surface area (Å²) in [4.78, 5) is 5.16. The minimum atomic E-state index is 0. The first-order valence-electron chi connectivity index (χ1n) is 5.98. The van der Waals surface area contributed by atoms with E-state index in [9.17, 15) is 0 Å². The number of hydrogen-bond donors (Lipinski definition) is 1. The lowest BCUT2D eigenvalue weighted by Crippen LogP contribution is -2.08. The van der Waals surface area contributed by atoms with Gasteiger partial charge in [-0.15, -0.1) is 24.0 Å². The standard InChI is InChI=1S/C13H18Cl2N2O.ClH/c14-8-2-1-3-13(17-18-10-9-16)11-4-6-12(15)7-5-11;/h4-7H,1-3,8-10,16H2;1H. The van der Waals surface area contributed by atoms with Gasteiger partial charge in [-0.2, -0.15) is 0 Å². The number of nitrogens with two attached hydrogens (primary N) is 1. The first-order chi connectivity index (χ1) is 8.77. The highest BCUT2D eigenvalue weighted by molar-refractivity contribution is 6.30. The summed E-state index contributed by atoms with van der Waals surface area (Å²) >= 11 is 11.5. The van der Waals surface area contributed by atoms with Gasteiger partial charge in [0.25, 0.3) is 0 Å². The van der Waals surface area contributed by atoms with Gasteiger partial charge in [-0.3, -0.25) is 0 Å². The molecule has 0 bridgehead atoms. The van der Waals surface area contributed by atoms with Crippen molar-refractivity contribution < 1.29 is 4.84 Å². The van der Waals surface area contributed by atoms with E-state index in [2.05, 4.69) is 5.16 Å². The normalized spacial score (nSPS) is 11.0. The van der Waals surface area contributed by atoms with Gasteiger partial charge >= 0.3 is 0 Å². The molecular weight excluding hydrogens is 307 g/mol. The van der Waals surface area contributed by atoms with Crippen molar-refractivity contribution in [3.63, 3.8) is 0 Å². The molecule has 1 aromatic carbocycles. The zero-order valence-corrected chi connectivity index (χ0v) is 13.0. The number of unbranched alkanes of at least 4 members (excludes halogenated alkanes) is 1. The molecule has 0 radical (unpaired) electrons. The third-order valence-corrected chi connectivity index (χ3v) is 2.88. The number of nitrogens with zero attached hydrogens (tertiary/aromatic N) is 1. The van der Waals surface area contributed by atoms with Gasteiger partial charge in [0.2, 0.25) is 0 Å². The van der Waals surface area contributed by atoms with Crippen LogP contribution in [0.2, 0.25) is 5.02 Å². The second-order valence-corrected chi connectivity index (χ2v) is 4.63. The van der Waals surface area contributed by atoms with Crippen LogP contribution in [0.5, 0.6) is 0 Å². The zero-order chi connectivity index (χ0) is 13.2. The van der Waals surface area contributed by atoms with Gasteiger partial charge in [0.15, 0.2) is 0 Å². The summed E-state index contributed by atoms with van der Waals surface area (Å²) in [7, 11) is 0. The molecule has 0 spiro atoms. The molecule has 2 N–H and O–H groups in total. The highest BCUT2D eigenvalue weighted by Crippen LogP contribution is 2.13. The van der Waals surface area contributed by atoms with Crippen LogP contribution in [0, 0.1) is 0 Å². The van der Waals surface area contributed by atoms with Crippen LogP contribution in [0.25, 0.3) is 0 Å². The van der Waals surface area contributed by atoms with Gasteiger partial charge in [-0.1, -0.05) is 28.9 Å². The van der Waals surface area contributed by atoms with Crippen LogP contribution in [0.4, 0.5) is 0 Å². The van der Waals surface area contributed by atoms with Crippen LogP contribution in [-0.4, -0.2) is 24.7 Å². The summed E-state index contributed by atoms with van der Waals surface area (Å²) in [6, 6.07) is 7.56. The van der Waals surface area contributed by atoms with E-state index in [0.717, 1.165) is 30.5 Å². The van der Waals surface area contributed by atoms with E-state index in [1.165, 1.54) is 0 Å². The first kappa shape index (κ1) is 18.5. The van der Waals surface area contributed by atoms with Gasteiger partial charge in [-0.05, 0) is 37.0 Å². The van der Waals surface area contributed by atoms with Gasteiger partial charge in [-0.25, -0.2) is 0 Å². The third kappa shape index (κ3) is 7.63. The Morgan fingerprint density at radius 2 is 1.89 bits per heavy atom. The number of halogens is 3. The summed E-state index contributed by atoms with van der Waals surface area (Å²) in [5.74, 6) is 0.664. The number of hydrogen-bond acceptors (Lipinski definition) is 3. The van der Waals surface area contributed by atoms with Crippen molar-refractivity contribution in [1.29, 1.82) is 0 Å². The van der Waals surface area contributed by atoms with E-state index in [0.29, 0.717) is 24.1 Å². The fourth-order valence-corrected chi connectivity index (χ4v) is 1.76. The Balaban J connectivity index is 0.00000324. The number of oxime groups is 1. The van der Waals surface area contributed by atoms with Gasteiger partial charge in [0, 0.05) is 17.4 Å². The SMILES string of the molecule is Cl.NCCON=C(CCCCCl)c1ccc(Cl)cc1. The molecule has 0 fully saturated rings. The Bertz CT molecular complexity index is 369. The Morgan fingerprint density at radius 1 is 1.21 bits per heavy atom. The highest BCUT2D eigenvalue weighted by atomic mass is 35.5. The van der Waals surface area contributed by atoms with E-state index in [1.54, 1.807) is 0 Å². The first-order valence-corrected chi connectivity index (χ1v) is 6.90. The van der Waals surface area contributed by atoms with Crippen molar-refractivity contribution in [3.05, 3.63) is 34.9 Å². The molecule has 0 atom stereocenters. The van der Waals surface area contributed by atoms with E-state index in [1.807, 2.05) is 24.3 Å². The van der Waals surface area contributed by atoms with Gasteiger partial charge in [0.1, 0.15) is 6.61 Å². The topological polar surface area (TPSA) is 47.6 Å².